The van der Waals surface area contributed by atoms with E-state index in [0.29, 0.717) is 5.38 Å². The highest BCUT2D eigenvalue weighted by atomic mass is 35.5. The average Bonchev–Trinajstić information content (AvgIpc) is 2.18. The molecule has 2 nitrogen and oxygen atoms in total. The van der Waals surface area contributed by atoms with E-state index in [9.17, 15) is 0 Å². The van der Waals surface area contributed by atoms with Crippen molar-refractivity contribution in [1.29, 1.82) is 0 Å². The van der Waals surface area contributed by atoms with Gasteiger partial charge in [-0.1, -0.05) is 0 Å². The van der Waals surface area contributed by atoms with Crippen LogP contribution in [0.3, 0.4) is 0 Å². The van der Waals surface area contributed by atoms with E-state index >= 15 is 0 Å². The van der Waals surface area contributed by atoms with Gasteiger partial charge >= 0.3 is 0 Å². The zero-order chi connectivity index (χ0) is 9.97. The molecule has 1 atom stereocenters. The molecule has 1 fully saturated rings. The van der Waals surface area contributed by atoms with Crippen LogP contribution >= 0.6 is 11.6 Å². The van der Waals surface area contributed by atoms with Gasteiger partial charge in [0.25, 0.3) is 0 Å². The summed E-state index contributed by atoms with van der Waals surface area (Å²) in [6.45, 7) is 4.18. The van der Waals surface area contributed by atoms with Gasteiger partial charge in [0.2, 0.25) is 0 Å². The molecule has 1 aliphatic rings. The third-order valence-electron chi connectivity index (χ3n) is 2.70. The molecular formula is C11H15ClN2. The first-order valence-electron chi connectivity index (χ1n) is 5.07. The van der Waals surface area contributed by atoms with Crippen molar-refractivity contribution in [3.63, 3.8) is 0 Å². The summed E-state index contributed by atoms with van der Waals surface area (Å²) in [5.74, 6) is 0. The maximum absolute atomic E-state index is 6.16. The third kappa shape index (κ3) is 2.01. The molecule has 2 rings (SSSR count). The summed E-state index contributed by atoms with van der Waals surface area (Å²) >= 11 is 6.16. The predicted octanol–water partition coefficient (Wildman–Crippen LogP) is 2.60. The Labute approximate surface area is 89.9 Å². The second kappa shape index (κ2) is 4.18. The van der Waals surface area contributed by atoms with Gasteiger partial charge in [-0.05, 0) is 31.4 Å². The van der Waals surface area contributed by atoms with Crippen molar-refractivity contribution in [2.45, 2.75) is 25.1 Å². The van der Waals surface area contributed by atoms with Crippen molar-refractivity contribution >= 4 is 17.3 Å². The number of hydrogen-bond donors (Lipinski definition) is 0. The number of alkyl halides is 1. The zero-order valence-corrected chi connectivity index (χ0v) is 9.17. The minimum Gasteiger partial charge on any atom is -0.370 e. The average molecular weight is 211 g/mol. The molecular weight excluding hydrogens is 196 g/mol. The van der Waals surface area contributed by atoms with E-state index in [1.165, 1.54) is 17.7 Å². The summed E-state index contributed by atoms with van der Waals surface area (Å²) < 4.78 is 0. The van der Waals surface area contributed by atoms with Crippen molar-refractivity contribution in [3.8, 4) is 0 Å². The fourth-order valence-corrected chi connectivity index (χ4v) is 2.29. The topological polar surface area (TPSA) is 16.1 Å². The lowest BCUT2D eigenvalue weighted by atomic mass is 10.1. The standard InChI is InChI=1S/C11H15ClN2/c1-9-7-13-5-4-11(9)14-6-2-3-10(12)8-14/h4-5,7,10H,2-3,6,8H2,1H3. The number of aryl methyl sites for hydroxylation is 1. The third-order valence-corrected chi connectivity index (χ3v) is 3.05. The molecule has 0 spiro atoms. The highest BCUT2D eigenvalue weighted by Gasteiger charge is 2.18. The normalized spacial score (nSPS) is 22.4. The molecule has 1 aromatic rings. The minimum absolute atomic E-state index is 0.302. The summed E-state index contributed by atoms with van der Waals surface area (Å²) in [5, 5.41) is 0.302. The van der Waals surface area contributed by atoms with Crippen LogP contribution in [-0.2, 0) is 0 Å². The number of piperidine rings is 1. The molecule has 2 heterocycles. The summed E-state index contributed by atoms with van der Waals surface area (Å²) in [5.41, 5.74) is 2.52. The molecule has 0 bridgehead atoms. The zero-order valence-electron chi connectivity index (χ0n) is 8.41. The van der Waals surface area contributed by atoms with Crippen LogP contribution in [0.1, 0.15) is 18.4 Å². The fraction of sp³-hybridized carbons (Fsp3) is 0.545. The van der Waals surface area contributed by atoms with E-state index in [0.717, 1.165) is 19.5 Å². The molecule has 76 valence electrons. The van der Waals surface area contributed by atoms with E-state index in [1.54, 1.807) is 0 Å². The first-order chi connectivity index (χ1) is 6.77. The van der Waals surface area contributed by atoms with Crippen LogP contribution in [0.2, 0.25) is 0 Å². The molecule has 0 N–H and O–H groups in total. The van der Waals surface area contributed by atoms with Crippen molar-refractivity contribution in [2.24, 2.45) is 0 Å². The Morgan fingerprint density at radius 3 is 3.14 bits per heavy atom. The highest BCUT2D eigenvalue weighted by Crippen LogP contribution is 2.24. The first-order valence-corrected chi connectivity index (χ1v) is 5.50. The molecule has 0 saturated carbocycles. The molecule has 1 saturated heterocycles. The number of aromatic nitrogens is 1. The Morgan fingerprint density at radius 1 is 1.57 bits per heavy atom. The Kier molecular flexibility index (Phi) is 2.92. The van der Waals surface area contributed by atoms with Gasteiger partial charge in [0, 0.05) is 31.2 Å². The smallest absolute Gasteiger partial charge is 0.0511 e. The molecule has 3 heteroatoms. The maximum Gasteiger partial charge on any atom is 0.0511 e. The predicted molar refractivity (Wildman–Crippen MR) is 60.1 cm³/mol. The number of anilines is 1. The lowest BCUT2D eigenvalue weighted by Crippen LogP contribution is -2.36. The molecule has 0 amide bonds. The first kappa shape index (κ1) is 9.78. The van der Waals surface area contributed by atoms with Gasteiger partial charge in [-0.25, -0.2) is 0 Å². The van der Waals surface area contributed by atoms with Gasteiger partial charge in [-0.15, -0.1) is 11.6 Å². The van der Waals surface area contributed by atoms with E-state index in [1.807, 2.05) is 12.4 Å². The van der Waals surface area contributed by atoms with Gasteiger partial charge in [0.1, 0.15) is 0 Å². The Morgan fingerprint density at radius 2 is 2.43 bits per heavy atom. The molecule has 0 radical (unpaired) electrons. The summed E-state index contributed by atoms with van der Waals surface area (Å²) in [6, 6.07) is 2.07. The van der Waals surface area contributed by atoms with Crippen LogP contribution in [0.25, 0.3) is 0 Å². The quantitative estimate of drug-likeness (QED) is 0.663. The van der Waals surface area contributed by atoms with Crippen molar-refractivity contribution in [1.82, 2.24) is 4.98 Å². The van der Waals surface area contributed by atoms with E-state index in [2.05, 4.69) is 22.9 Å². The monoisotopic (exact) mass is 210 g/mol. The summed E-state index contributed by atoms with van der Waals surface area (Å²) in [4.78, 5) is 6.46. The van der Waals surface area contributed by atoms with Crippen LogP contribution in [0, 0.1) is 6.92 Å². The maximum atomic E-state index is 6.16. The van der Waals surface area contributed by atoms with Gasteiger partial charge in [0.05, 0.1) is 5.38 Å². The van der Waals surface area contributed by atoms with Gasteiger partial charge < -0.3 is 4.90 Å². The number of rotatable bonds is 1. The van der Waals surface area contributed by atoms with E-state index in [4.69, 9.17) is 11.6 Å². The summed E-state index contributed by atoms with van der Waals surface area (Å²) in [6.07, 6.45) is 6.09. The van der Waals surface area contributed by atoms with Gasteiger partial charge in [-0.3, -0.25) is 4.98 Å². The van der Waals surface area contributed by atoms with E-state index < -0.39 is 0 Å². The van der Waals surface area contributed by atoms with Crippen LogP contribution in [0.5, 0.6) is 0 Å². The van der Waals surface area contributed by atoms with Crippen LogP contribution in [0.4, 0.5) is 5.69 Å². The molecule has 0 aromatic carbocycles. The van der Waals surface area contributed by atoms with Crippen LogP contribution < -0.4 is 4.90 Å². The lowest BCUT2D eigenvalue weighted by molar-refractivity contribution is 0.583. The van der Waals surface area contributed by atoms with E-state index in [-0.39, 0.29) is 0 Å². The molecule has 0 aliphatic carbocycles. The largest absolute Gasteiger partial charge is 0.370 e. The van der Waals surface area contributed by atoms with Crippen molar-refractivity contribution < 1.29 is 0 Å². The summed E-state index contributed by atoms with van der Waals surface area (Å²) in [7, 11) is 0. The Hall–Kier alpha value is -0.760. The van der Waals surface area contributed by atoms with Crippen molar-refractivity contribution in [3.05, 3.63) is 24.0 Å². The molecule has 1 unspecified atom stereocenters. The lowest BCUT2D eigenvalue weighted by Gasteiger charge is -2.32. The second-order valence-electron chi connectivity index (χ2n) is 3.85. The van der Waals surface area contributed by atoms with Crippen LogP contribution in [-0.4, -0.2) is 23.5 Å². The fourth-order valence-electron chi connectivity index (χ4n) is 1.97. The molecule has 1 aliphatic heterocycles. The number of halogens is 1. The number of hydrogen-bond acceptors (Lipinski definition) is 2. The molecule has 1 aromatic heterocycles. The Balaban J connectivity index is 2.18. The second-order valence-corrected chi connectivity index (χ2v) is 4.46. The SMILES string of the molecule is Cc1cnccc1N1CCCC(Cl)C1. The van der Waals surface area contributed by atoms with Crippen molar-refractivity contribution in [2.75, 3.05) is 18.0 Å². The molecule has 14 heavy (non-hydrogen) atoms. The number of nitrogens with zero attached hydrogens (tertiary/aromatic N) is 2. The van der Waals surface area contributed by atoms with Gasteiger partial charge in [0.15, 0.2) is 0 Å². The highest BCUT2D eigenvalue weighted by molar-refractivity contribution is 6.21. The minimum atomic E-state index is 0.302. The van der Waals surface area contributed by atoms with Gasteiger partial charge in [-0.2, -0.15) is 0 Å². The number of pyridine rings is 1. The Bertz CT molecular complexity index is 314. The van der Waals surface area contributed by atoms with Crippen LogP contribution in [0.15, 0.2) is 18.5 Å².